The molecule has 0 aliphatic rings. The van der Waals surface area contributed by atoms with E-state index in [9.17, 15) is 10.1 Å². The van der Waals surface area contributed by atoms with Crippen LogP contribution in [-0.2, 0) is 7.05 Å². The molecule has 0 saturated carbocycles. The van der Waals surface area contributed by atoms with Crippen LogP contribution >= 0.6 is 11.6 Å². The molecule has 0 amide bonds. The number of halogens is 1. The van der Waals surface area contributed by atoms with Gasteiger partial charge in [0.1, 0.15) is 11.6 Å². The highest BCUT2D eigenvalue weighted by Crippen LogP contribution is 2.31. The lowest BCUT2D eigenvalue weighted by molar-refractivity contribution is 0.0949. The van der Waals surface area contributed by atoms with Crippen molar-refractivity contribution in [3.8, 4) is 17.4 Å². The molecule has 4 aromatic rings. The van der Waals surface area contributed by atoms with Crippen LogP contribution in [0.2, 0.25) is 5.02 Å². The van der Waals surface area contributed by atoms with Crippen LogP contribution in [0.4, 0.5) is 0 Å². The number of para-hydroxylation sites is 2. The Labute approximate surface area is 160 Å². The molecular formula is C21H14ClN3O2. The fraction of sp³-hybridized carbons (Fsp3) is 0.0952. The second kappa shape index (κ2) is 6.75. The number of aromatic nitrogens is 2. The standard InChI is InChI=1S/C21H14ClN3O2/c1-25-17-9-5-4-8-16(17)24-21(25)14(12-23)20(26)19-11-10-18(27-19)13-6-2-3-7-15(13)22/h2-11,14H,1H3. The van der Waals surface area contributed by atoms with Gasteiger partial charge in [0.05, 0.1) is 22.1 Å². The number of carbonyl (C=O) groups is 1. The fourth-order valence-electron chi connectivity index (χ4n) is 3.07. The molecule has 6 heteroatoms. The van der Waals surface area contributed by atoms with Gasteiger partial charge >= 0.3 is 0 Å². The first-order valence-electron chi connectivity index (χ1n) is 8.30. The first-order chi connectivity index (χ1) is 13.1. The smallest absolute Gasteiger partial charge is 0.222 e. The molecule has 0 saturated heterocycles. The van der Waals surface area contributed by atoms with E-state index in [0.717, 1.165) is 11.0 Å². The number of fused-ring (bicyclic) bond motifs is 1. The Morgan fingerprint density at radius 2 is 1.89 bits per heavy atom. The number of furan rings is 1. The molecule has 0 aliphatic heterocycles. The minimum Gasteiger partial charge on any atom is -0.453 e. The summed E-state index contributed by atoms with van der Waals surface area (Å²) in [6.07, 6.45) is 0. The minimum absolute atomic E-state index is 0.100. The van der Waals surface area contributed by atoms with Crippen molar-refractivity contribution in [3.05, 3.63) is 77.3 Å². The van der Waals surface area contributed by atoms with Crippen molar-refractivity contribution in [2.45, 2.75) is 5.92 Å². The highest BCUT2D eigenvalue weighted by molar-refractivity contribution is 6.33. The number of carbonyl (C=O) groups excluding carboxylic acids is 1. The molecule has 0 bridgehead atoms. The Balaban J connectivity index is 1.72. The zero-order valence-electron chi connectivity index (χ0n) is 14.4. The van der Waals surface area contributed by atoms with E-state index in [0.29, 0.717) is 22.2 Å². The predicted octanol–water partition coefficient (Wildman–Crippen LogP) is 4.98. The zero-order chi connectivity index (χ0) is 19.0. The van der Waals surface area contributed by atoms with Gasteiger partial charge < -0.3 is 8.98 Å². The van der Waals surface area contributed by atoms with E-state index >= 15 is 0 Å². The second-order valence-corrected chi connectivity index (χ2v) is 6.50. The lowest BCUT2D eigenvalue weighted by Crippen LogP contribution is -2.15. The number of nitriles is 1. The van der Waals surface area contributed by atoms with Gasteiger partial charge in [0.15, 0.2) is 11.7 Å². The van der Waals surface area contributed by atoms with Crippen molar-refractivity contribution in [1.29, 1.82) is 5.26 Å². The Kier molecular flexibility index (Phi) is 4.27. The SMILES string of the molecule is Cn1c(C(C#N)C(=O)c2ccc(-c3ccccc3Cl)o2)nc2ccccc21. The number of ketones is 1. The third kappa shape index (κ3) is 2.90. The molecule has 4 rings (SSSR count). The van der Waals surface area contributed by atoms with Gasteiger partial charge in [-0.15, -0.1) is 0 Å². The van der Waals surface area contributed by atoms with Crippen molar-refractivity contribution < 1.29 is 9.21 Å². The van der Waals surface area contributed by atoms with Gasteiger partial charge in [-0.05, 0) is 36.4 Å². The Morgan fingerprint density at radius 1 is 1.15 bits per heavy atom. The highest BCUT2D eigenvalue weighted by Gasteiger charge is 2.29. The number of nitrogens with zero attached hydrogens (tertiary/aromatic N) is 3. The summed E-state index contributed by atoms with van der Waals surface area (Å²) in [5, 5.41) is 10.2. The van der Waals surface area contributed by atoms with E-state index in [2.05, 4.69) is 11.1 Å². The maximum atomic E-state index is 12.9. The predicted molar refractivity (Wildman–Crippen MR) is 103 cm³/mol. The molecule has 1 atom stereocenters. The molecule has 132 valence electrons. The van der Waals surface area contributed by atoms with Gasteiger partial charge in [-0.25, -0.2) is 4.98 Å². The summed E-state index contributed by atoms with van der Waals surface area (Å²) in [4.78, 5) is 17.4. The monoisotopic (exact) mass is 375 g/mol. The van der Waals surface area contributed by atoms with Crippen LogP contribution in [0.5, 0.6) is 0 Å². The first-order valence-corrected chi connectivity index (χ1v) is 8.68. The Hall–Kier alpha value is -3.36. The summed E-state index contributed by atoms with van der Waals surface area (Å²) in [5.41, 5.74) is 2.28. The fourth-order valence-corrected chi connectivity index (χ4v) is 3.30. The summed E-state index contributed by atoms with van der Waals surface area (Å²) < 4.78 is 7.47. The van der Waals surface area contributed by atoms with Crippen molar-refractivity contribution in [2.75, 3.05) is 0 Å². The topological polar surface area (TPSA) is 71.8 Å². The molecule has 0 aliphatic carbocycles. The molecule has 0 N–H and O–H groups in total. The molecule has 5 nitrogen and oxygen atoms in total. The van der Waals surface area contributed by atoms with Gasteiger partial charge in [0, 0.05) is 12.6 Å². The largest absolute Gasteiger partial charge is 0.453 e. The molecule has 1 unspecified atom stereocenters. The molecular weight excluding hydrogens is 362 g/mol. The average molecular weight is 376 g/mol. The van der Waals surface area contributed by atoms with Gasteiger partial charge in [-0.1, -0.05) is 35.9 Å². The Morgan fingerprint density at radius 3 is 2.63 bits per heavy atom. The third-order valence-corrected chi connectivity index (χ3v) is 4.79. The van der Waals surface area contributed by atoms with E-state index < -0.39 is 11.7 Å². The van der Waals surface area contributed by atoms with Crippen molar-refractivity contribution in [2.24, 2.45) is 7.05 Å². The zero-order valence-corrected chi connectivity index (χ0v) is 15.1. The van der Waals surface area contributed by atoms with Gasteiger partial charge in [-0.2, -0.15) is 5.26 Å². The van der Waals surface area contributed by atoms with Crippen LogP contribution in [0.3, 0.4) is 0 Å². The molecule has 2 heterocycles. The minimum atomic E-state index is -1.06. The highest BCUT2D eigenvalue weighted by atomic mass is 35.5. The maximum Gasteiger partial charge on any atom is 0.222 e. The third-order valence-electron chi connectivity index (χ3n) is 4.46. The summed E-state index contributed by atoms with van der Waals surface area (Å²) in [6.45, 7) is 0. The lowest BCUT2D eigenvalue weighted by Gasteiger charge is -2.07. The van der Waals surface area contributed by atoms with Crippen LogP contribution < -0.4 is 0 Å². The molecule has 27 heavy (non-hydrogen) atoms. The average Bonchev–Trinajstić information content (AvgIpc) is 3.29. The van der Waals surface area contributed by atoms with Crippen LogP contribution in [0.25, 0.3) is 22.4 Å². The number of hydrogen-bond acceptors (Lipinski definition) is 4. The quantitative estimate of drug-likeness (QED) is 0.472. The summed E-state index contributed by atoms with van der Waals surface area (Å²) in [7, 11) is 1.79. The summed E-state index contributed by atoms with van der Waals surface area (Å²) in [6, 6.07) is 20.0. The maximum absolute atomic E-state index is 12.9. The normalized spacial score (nSPS) is 12.0. The number of aryl methyl sites for hydroxylation is 1. The molecule has 0 radical (unpaired) electrons. The van der Waals surface area contributed by atoms with Gasteiger partial charge in [-0.3, -0.25) is 4.79 Å². The first kappa shape index (κ1) is 17.1. The Bertz CT molecular complexity index is 1200. The van der Waals surface area contributed by atoms with E-state index in [4.69, 9.17) is 16.0 Å². The number of Topliss-reactive ketones (excluding diaryl/α,β-unsaturated/α-hetero) is 1. The number of hydrogen-bond donors (Lipinski definition) is 0. The summed E-state index contributed by atoms with van der Waals surface area (Å²) >= 11 is 6.19. The van der Waals surface area contributed by atoms with Crippen LogP contribution in [-0.4, -0.2) is 15.3 Å². The number of rotatable bonds is 4. The summed E-state index contributed by atoms with van der Waals surface area (Å²) in [5.74, 6) is -0.532. The van der Waals surface area contributed by atoms with Crippen LogP contribution in [0, 0.1) is 11.3 Å². The van der Waals surface area contributed by atoms with E-state index in [-0.39, 0.29) is 5.76 Å². The van der Waals surface area contributed by atoms with Gasteiger partial charge in [0.2, 0.25) is 5.78 Å². The number of benzene rings is 2. The van der Waals surface area contributed by atoms with Crippen molar-refractivity contribution in [1.82, 2.24) is 9.55 Å². The molecule has 0 spiro atoms. The van der Waals surface area contributed by atoms with Crippen molar-refractivity contribution in [3.63, 3.8) is 0 Å². The van der Waals surface area contributed by atoms with Gasteiger partial charge in [0.25, 0.3) is 0 Å². The second-order valence-electron chi connectivity index (χ2n) is 6.09. The number of imidazole rings is 1. The lowest BCUT2D eigenvalue weighted by atomic mass is 10.0. The van der Waals surface area contributed by atoms with Crippen molar-refractivity contribution >= 4 is 28.4 Å². The molecule has 2 aromatic heterocycles. The van der Waals surface area contributed by atoms with Crippen LogP contribution in [0.1, 0.15) is 22.3 Å². The molecule has 2 aromatic carbocycles. The van der Waals surface area contributed by atoms with Crippen LogP contribution in [0.15, 0.2) is 65.1 Å². The van der Waals surface area contributed by atoms with E-state index in [1.54, 1.807) is 29.8 Å². The molecule has 0 fully saturated rings. The van der Waals surface area contributed by atoms with E-state index in [1.807, 2.05) is 42.5 Å². The van der Waals surface area contributed by atoms with E-state index in [1.165, 1.54) is 0 Å².